The molecule has 7 atom stereocenters. The standard InChI is InChI=1S/C37H36Cl2FN5O/c1-17-11-22-14-24(17)36(44(22)37(46)19-8-9-19)29-15-25-18(2)43-33-26(35(25)45(29)34-21-13-28(34)42-16-21)12-20(5-4-10-41)30(32(33)40)23-6-3-7-27(38)31(23)39/h3,6-7,12,15,17,19,21-22,24,28,34,36,42H,4-5,8-9,11,13-14,16H2,1-2H3. The molecule has 6 nitrogen and oxygen atoms in total. The molecule has 2 aromatic heterocycles. The number of nitrogens with one attached hydrogen (secondary N) is 1. The van der Waals surface area contributed by atoms with Crippen LogP contribution in [-0.2, 0) is 11.2 Å². The Morgan fingerprint density at radius 1 is 1.17 bits per heavy atom. The molecular formula is C37H36Cl2FN5O. The molecule has 0 spiro atoms. The van der Waals surface area contributed by atoms with Gasteiger partial charge < -0.3 is 14.8 Å². The number of fused-ring (bicyclic) bond motifs is 6. The first kappa shape index (κ1) is 29.0. The lowest BCUT2D eigenvalue weighted by Crippen LogP contribution is -2.45. The number of likely N-dealkylation sites (tertiary alicyclic amines) is 1. The van der Waals surface area contributed by atoms with E-state index in [2.05, 4.69) is 33.8 Å². The number of hydrogen-bond donors (Lipinski definition) is 1. The van der Waals surface area contributed by atoms with E-state index in [9.17, 15) is 10.1 Å². The molecule has 5 heterocycles. The van der Waals surface area contributed by atoms with Gasteiger partial charge in [-0.3, -0.25) is 4.79 Å². The van der Waals surface area contributed by atoms with Gasteiger partial charge in [-0.25, -0.2) is 9.37 Å². The summed E-state index contributed by atoms with van der Waals surface area (Å²) in [6.07, 6.45) is 5.84. The number of hydrogen-bond acceptors (Lipinski definition) is 4. The van der Waals surface area contributed by atoms with E-state index in [1.807, 2.05) is 13.0 Å². The van der Waals surface area contributed by atoms with Gasteiger partial charge in [0.05, 0.1) is 33.7 Å². The smallest absolute Gasteiger partial charge is 0.226 e. The molecule has 236 valence electrons. The summed E-state index contributed by atoms with van der Waals surface area (Å²) < 4.78 is 19.6. The van der Waals surface area contributed by atoms with Crippen LogP contribution < -0.4 is 5.32 Å². The maximum absolute atomic E-state index is 17.1. The summed E-state index contributed by atoms with van der Waals surface area (Å²) in [4.78, 5) is 21.1. The van der Waals surface area contributed by atoms with E-state index in [1.165, 1.54) is 5.69 Å². The molecule has 9 heteroatoms. The van der Waals surface area contributed by atoms with Gasteiger partial charge in [0.25, 0.3) is 0 Å². The van der Waals surface area contributed by atoms with Crippen molar-refractivity contribution in [2.45, 2.75) is 83.0 Å². The van der Waals surface area contributed by atoms with Crippen molar-refractivity contribution in [2.75, 3.05) is 6.54 Å². The van der Waals surface area contributed by atoms with Crippen LogP contribution in [0.1, 0.15) is 74.5 Å². The molecule has 4 aromatic rings. The maximum atomic E-state index is 17.1. The average molecular weight is 657 g/mol. The molecule has 2 aromatic carbocycles. The maximum Gasteiger partial charge on any atom is 0.226 e. The fraction of sp³-hybridized carbons (Fsp3) is 0.486. The molecule has 4 bridgehead atoms. The molecule has 3 saturated carbocycles. The van der Waals surface area contributed by atoms with E-state index in [1.54, 1.807) is 18.2 Å². The molecule has 6 fully saturated rings. The van der Waals surface area contributed by atoms with Gasteiger partial charge in [-0.15, -0.1) is 0 Å². The number of nitriles is 1. The summed E-state index contributed by atoms with van der Waals surface area (Å²) >= 11 is 13.1. The van der Waals surface area contributed by atoms with Gasteiger partial charge in [-0.2, -0.15) is 5.26 Å². The highest BCUT2D eigenvalue weighted by molar-refractivity contribution is 6.43. The molecule has 1 amide bonds. The summed E-state index contributed by atoms with van der Waals surface area (Å²) in [5.41, 5.74) is 4.82. The van der Waals surface area contributed by atoms with Crippen molar-refractivity contribution in [3.8, 4) is 17.2 Å². The second-order valence-electron chi connectivity index (χ2n) is 14.5. The second-order valence-corrected chi connectivity index (χ2v) is 15.3. The first-order chi connectivity index (χ1) is 22.3. The zero-order chi connectivity index (χ0) is 31.6. The van der Waals surface area contributed by atoms with E-state index in [0.717, 1.165) is 60.6 Å². The number of nitrogens with zero attached hydrogens (tertiary/aromatic N) is 4. The van der Waals surface area contributed by atoms with Crippen molar-refractivity contribution < 1.29 is 9.18 Å². The topological polar surface area (TPSA) is 74.0 Å². The highest BCUT2D eigenvalue weighted by Gasteiger charge is 2.56. The lowest BCUT2D eigenvalue weighted by molar-refractivity contribution is -0.138. The number of halogens is 3. The van der Waals surface area contributed by atoms with Crippen LogP contribution in [0, 0.1) is 47.7 Å². The molecule has 6 aliphatic rings. The summed E-state index contributed by atoms with van der Waals surface area (Å²) in [5, 5.41) is 15.7. The zero-order valence-electron chi connectivity index (χ0n) is 26.0. The molecule has 7 unspecified atom stereocenters. The Bertz CT molecular complexity index is 2000. The van der Waals surface area contributed by atoms with Crippen LogP contribution in [0.2, 0.25) is 10.0 Å². The van der Waals surface area contributed by atoms with Crippen molar-refractivity contribution in [1.82, 2.24) is 19.8 Å². The van der Waals surface area contributed by atoms with E-state index in [4.69, 9.17) is 28.2 Å². The molecule has 3 aliphatic carbocycles. The van der Waals surface area contributed by atoms with Gasteiger partial charge in [0.1, 0.15) is 5.52 Å². The fourth-order valence-corrected chi connectivity index (χ4v) is 10.0. The van der Waals surface area contributed by atoms with Crippen LogP contribution in [0.15, 0.2) is 30.3 Å². The monoisotopic (exact) mass is 655 g/mol. The minimum atomic E-state index is -0.442. The summed E-state index contributed by atoms with van der Waals surface area (Å²) in [7, 11) is 0. The van der Waals surface area contributed by atoms with E-state index < -0.39 is 5.82 Å². The third-order valence-corrected chi connectivity index (χ3v) is 12.8. The quantitative estimate of drug-likeness (QED) is 0.227. The van der Waals surface area contributed by atoms with Crippen LogP contribution in [0.3, 0.4) is 0 Å². The Morgan fingerprint density at radius 3 is 2.72 bits per heavy atom. The first-order valence-corrected chi connectivity index (χ1v) is 17.6. The number of piperidine rings is 1. The number of rotatable bonds is 6. The number of aryl methyl sites for hydroxylation is 2. The van der Waals surface area contributed by atoms with E-state index >= 15 is 4.39 Å². The van der Waals surface area contributed by atoms with Gasteiger partial charge >= 0.3 is 0 Å². The Hall–Kier alpha value is -3.18. The highest BCUT2D eigenvalue weighted by Crippen LogP contribution is 2.57. The third-order valence-electron chi connectivity index (χ3n) is 11.9. The largest absolute Gasteiger partial charge is 0.337 e. The van der Waals surface area contributed by atoms with Crippen molar-refractivity contribution >= 4 is 50.9 Å². The van der Waals surface area contributed by atoms with Gasteiger partial charge in [0.2, 0.25) is 5.91 Å². The van der Waals surface area contributed by atoms with Crippen LogP contribution in [-0.4, -0.2) is 39.0 Å². The fourth-order valence-electron chi connectivity index (χ4n) is 9.64. The minimum absolute atomic E-state index is 0.0103. The number of pyridine rings is 1. The SMILES string of the molecule is Cc1nc2c(F)c(-c3cccc(Cl)c3Cl)c(CCC#N)cc2c2c1cc(C1C3CC(CC3C)N1C(=O)C1CC1)n2C1C2CNC1C2. The predicted molar refractivity (Wildman–Crippen MR) is 178 cm³/mol. The van der Waals surface area contributed by atoms with Crippen LogP contribution in [0.25, 0.3) is 32.9 Å². The Kier molecular flexibility index (Phi) is 6.56. The first-order valence-electron chi connectivity index (χ1n) is 16.8. The number of carbonyl (C=O) groups is 1. The van der Waals surface area contributed by atoms with Gasteiger partial charge in [0, 0.05) is 64.3 Å². The summed E-state index contributed by atoms with van der Waals surface area (Å²) in [6, 6.07) is 12.7. The van der Waals surface area contributed by atoms with Gasteiger partial charge in [-0.1, -0.05) is 42.3 Å². The molecular weight excluding hydrogens is 620 g/mol. The number of aromatic nitrogens is 2. The van der Waals surface area contributed by atoms with Gasteiger partial charge in [0.15, 0.2) is 5.82 Å². The Morgan fingerprint density at radius 2 is 2.00 bits per heavy atom. The Balaban J connectivity index is 1.33. The molecule has 3 aliphatic heterocycles. The van der Waals surface area contributed by atoms with Crippen molar-refractivity contribution in [3.63, 3.8) is 0 Å². The van der Waals surface area contributed by atoms with Gasteiger partial charge in [-0.05, 0) is 87.0 Å². The summed E-state index contributed by atoms with van der Waals surface area (Å²) in [6.45, 7) is 5.28. The average Bonchev–Trinajstić information content (AvgIpc) is 3.39. The highest BCUT2D eigenvalue weighted by atomic mass is 35.5. The van der Waals surface area contributed by atoms with Crippen molar-refractivity contribution in [2.24, 2.45) is 23.7 Å². The van der Waals surface area contributed by atoms with Crippen molar-refractivity contribution in [3.05, 3.63) is 63.1 Å². The zero-order valence-corrected chi connectivity index (χ0v) is 27.5. The van der Waals surface area contributed by atoms with E-state index in [0.29, 0.717) is 63.4 Å². The van der Waals surface area contributed by atoms with Crippen LogP contribution in [0.5, 0.6) is 0 Å². The van der Waals surface area contributed by atoms with Crippen LogP contribution >= 0.6 is 23.2 Å². The molecule has 0 radical (unpaired) electrons. The number of carbonyl (C=O) groups excluding carboxylic acids is 1. The minimum Gasteiger partial charge on any atom is -0.337 e. The van der Waals surface area contributed by atoms with E-state index in [-0.39, 0.29) is 35.5 Å². The molecule has 46 heavy (non-hydrogen) atoms. The summed E-state index contributed by atoms with van der Waals surface area (Å²) in [5.74, 6) is 1.47. The molecule has 1 N–H and O–H groups in total. The molecule has 10 rings (SSSR count). The molecule has 3 saturated heterocycles. The number of benzene rings is 2. The van der Waals surface area contributed by atoms with Crippen molar-refractivity contribution in [1.29, 1.82) is 5.26 Å². The predicted octanol–water partition coefficient (Wildman–Crippen LogP) is 8.31. The lowest BCUT2D eigenvalue weighted by atomic mass is 9.79. The number of amides is 1. The second kappa shape index (κ2) is 10.4. The Labute approximate surface area is 277 Å². The van der Waals surface area contributed by atoms with Crippen LogP contribution in [0.4, 0.5) is 4.39 Å². The lowest BCUT2D eigenvalue weighted by Gasteiger charge is -2.43. The third kappa shape index (κ3) is 4.02. The normalized spacial score (nSPS) is 29.6.